The molecule has 1 saturated carbocycles. The molecule has 0 spiro atoms. The van der Waals surface area contributed by atoms with Crippen LogP contribution in [-0.4, -0.2) is 55.5 Å². The van der Waals surface area contributed by atoms with Crippen molar-refractivity contribution in [3.05, 3.63) is 35.6 Å². The molecule has 6 heteroatoms. The molecule has 0 bridgehead atoms. The highest BCUT2D eigenvalue weighted by molar-refractivity contribution is 5.83. The normalized spacial score (nSPS) is 27.3. The predicted octanol–water partition coefficient (Wildman–Crippen LogP) is 1.53. The number of likely N-dealkylation sites (N-methyl/N-ethyl adjacent to an activating group) is 2. The third-order valence-electron chi connectivity index (χ3n) is 5.30. The molecule has 2 fully saturated rings. The van der Waals surface area contributed by atoms with Crippen LogP contribution in [0.1, 0.15) is 30.9 Å². The van der Waals surface area contributed by atoms with Crippen LogP contribution in [0, 0.1) is 11.7 Å². The van der Waals surface area contributed by atoms with Gasteiger partial charge in [-0.1, -0.05) is 18.6 Å². The fraction of sp³-hybridized carbons (Fsp3) is 0.611. The summed E-state index contributed by atoms with van der Waals surface area (Å²) < 4.78 is 13.6. The first-order chi connectivity index (χ1) is 11.5. The maximum atomic E-state index is 13.6. The van der Waals surface area contributed by atoms with Crippen LogP contribution in [0.25, 0.3) is 0 Å². The molecule has 1 aliphatic carbocycles. The Morgan fingerprint density at radius 1 is 1.29 bits per heavy atom. The summed E-state index contributed by atoms with van der Waals surface area (Å²) in [4.78, 5) is 16.6. The molecule has 1 aromatic carbocycles. The van der Waals surface area contributed by atoms with Crippen LogP contribution in [0.3, 0.4) is 0 Å². The van der Waals surface area contributed by atoms with Crippen molar-refractivity contribution in [1.29, 1.82) is 0 Å². The lowest BCUT2D eigenvalue weighted by molar-refractivity contribution is -0.135. The van der Waals surface area contributed by atoms with Gasteiger partial charge in [-0.3, -0.25) is 20.5 Å². The van der Waals surface area contributed by atoms with Crippen LogP contribution in [0.2, 0.25) is 0 Å². The molecule has 0 radical (unpaired) electrons. The van der Waals surface area contributed by atoms with Gasteiger partial charge in [0.25, 0.3) is 0 Å². The minimum Gasteiger partial charge on any atom is -0.342 e. The molecule has 5 nitrogen and oxygen atoms in total. The van der Waals surface area contributed by atoms with E-state index in [1.165, 1.54) is 31.4 Å². The second-order valence-electron chi connectivity index (χ2n) is 7.24. The van der Waals surface area contributed by atoms with Crippen molar-refractivity contribution in [2.75, 3.05) is 27.7 Å². The van der Waals surface area contributed by atoms with E-state index in [0.717, 1.165) is 0 Å². The van der Waals surface area contributed by atoms with E-state index in [1.807, 2.05) is 32.1 Å². The Morgan fingerprint density at radius 2 is 2.08 bits per heavy atom. The number of benzene rings is 1. The number of halogens is 1. The molecule has 4 atom stereocenters. The maximum absolute atomic E-state index is 13.6. The van der Waals surface area contributed by atoms with Gasteiger partial charge in [-0.05, 0) is 50.6 Å². The van der Waals surface area contributed by atoms with Crippen molar-refractivity contribution in [2.45, 2.75) is 37.4 Å². The predicted molar refractivity (Wildman–Crippen MR) is 91.7 cm³/mol. The Morgan fingerprint density at radius 3 is 2.79 bits per heavy atom. The lowest BCUT2D eigenvalue weighted by atomic mass is 9.96. The largest absolute Gasteiger partial charge is 0.342 e. The monoisotopic (exact) mass is 334 g/mol. The zero-order valence-corrected chi connectivity index (χ0v) is 14.6. The molecule has 1 saturated heterocycles. The SMILES string of the molecule is CN(CC1NNC2CCCC21)C(=O)C(c1cccc(F)c1)N(C)C. The number of fused-ring (bicyclic) bond motifs is 1. The third kappa shape index (κ3) is 3.45. The van der Waals surface area contributed by atoms with Crippen LogP contribution >= 0.6 is 0 Å². The maximum Gasteiger partial charge on any atom is 0.244 e. The molecule has 0 aromatic heterocycles. The summed E-state index contributed by atoms with van der Waals surface area (Å²) in [6.07, 6.45) is 3.66. The Balaban J connectivity index is 1.70. The molecule has 1 aromatic rings. The van der Waals surface area contributed by atoms with Crippen molar-refractivity contribution < 1.29 is 9.18 Å². The number of hydrazine groups is 1. The van der Waals surface area contributed by atoms with E-state index in [0.29, 0.717) is 24.1 Å². The van der Waals surface area contributed by atoms with Crippen molar-refractivity contribution in [3.8, 4) is 0 Å². The Kier molecular flexibility index (Phi) is 5.18. The zero-order chi connectivity index (χ0) is 17.3. The van der Waals surface area contributed by atoms with Gasteiger partial charge in [0.2, 0.25) is 5.91 Å². The molecule has 24 heavy (non-hydrogen) atoms. The van der Waals surface area contributed by atoms with E-state index in [9.17, 15) is 9.18 Å². The lowest BCUT2D eigenvalue weighted by Gasteiger charge is -2.31. The molecular formula is C18H27FN4O. The molecule has 1 heterocycles. The van der Waals surface area contributed by atoms with E-state index in [1.54, 1.807) is 11.0 Å². The molecule has 2 aliphatic rings. The highest BCUT2D eigenvalue weighted by atomic mass is 19.1. The molecule has 132 valence electrons. The van der Waals surface area contributed by atoms with E-state index in [4.69, 9.17) is 0 Å². The summed E-state index contributed by atoms with van der Waals surface area (Å²) in [6.45, 7) is 0.659. The van der Waals surface area contributed by atoms with Gasteiger partial charge in [0.05, 0.1) is 0 Å². The Hall–Kier alpha value is -1.50. The summed E-state index contributed by atoms with van der Waals surface area (Å²) in [5.41, 5.74) is 7.39. The highest BCUT2D eigenvalue weighted by Crippen LogP contribution is 2.32. The lowest BCUT2D eigenvalue weighted by Crippen LogP contribution is -2.46. The fourth-order valence-corrected chi connectivity index (χ4v) is 4.08. The van der Waals surface area contributed by atoms with E-state index < -0.39 is 6.04 Å². The van der Waals surface area contributed by atoms with Gasteiger partial charge < -0.3 is 4.90 Å². The van der Waals surface area contributed by atoms with Crippen LogP contribution in [0.5, 0.6) is 0 Å². The minimum atomic E-state index is -0.473. The summed E-state index contributed by atoms with van der Waals surface area (Å²) in [5.74, 6) is 0.270. The fourth-order valence-electron chi connectivity index (χ4n) is 4.08. The van der Waals surface area contributed by atoms with Crippen LogP contribution < -0.4 is 10.9 Å². The quantitative estimate of drug-likeness (QED) is 0.857. The van der Waals surface area contributed by atoms with Crippen molar-refractivity contribution >= 4 is 5.91 Å². The van der Waals surface area contributed by atoms with Crippen LogP contribution in [0.15, 0.2) is 24.3 Å². The molecule has 1 amide bonds. The van der Waals surface area contributed by atoms with E-state index in [-0.39, 0.29) is 17.8 Å². The molecule has 4 unspecified atom stereocenters. The zero-order valence-electron chi connectivity index (χ0n) is 14.6. The van der Waals surface area contributed by atoms with Gasteiger partial charge in [0, 0.05) is 25.7 Å². The molecule has 3 rings (SSSR count). The summed E-state index contributed by atoms with van der Waals surface area (Å²) >= 11 is 0. The number of hydrogen-bond acceptors (Lipinski definition) is 4. The van der Waals surface area contributed by atoms with Gasteiger partial charge in [0.15, 0.2) is 0 Å². The summed E-state index contributed by atoms with van der Waals surface area (Å²) in [7, 11) is 5.54. The summed E-state index contributed by atoms with van der Waals surface area (Å²) in [6, 6.07) is 6.65. The average molecular weight is 334 g/mol. The van der Waals surface area contributed by atoms with Crippen LogP contribution in [0.4, 0.5) is 4.39 Å². The van der Waals surface area contributed by atoms with Gasteiger partial charge in [-0.15, -0.1) is 0 Å². The highest BCUT2D eigenvalue weighted by Gasteiger charge is 2.40. The number of nitrogens with zero attached hydrogens (tertiary/aromatic N) is 2. The van der Waals surface area contributed by atoms with E-state index in [2.05, 4.69) is 10.9 Å². The topological polar surface area (TPSA) is 47.6 Å². The van der Waals surface area contributed by atoms with Crippen molar-refractivity contribution in [2.24, 2.45) is 5.92 Å². The van der Waals surface area contributed by atoms with Crippen molar-refractivity contribution in [3.63, 3.8) is 0 Å². The second-order valence-corrected chi connectivity index (χ2v) is 7.24. The van der Waals surface area contributed by atoms with E-state index >= 15 is 0 Å². The van der Waals surface area contributed by atoms with Crippen molar-refractivity contribution in [1.82, 2.24) is 20.7 Å². The number of amides is 1. The standard InChI is InChI=1S/C18H27FN4O/c1-22(2)17(12-6-4-7-13(19)10-12)18(24)23(3)11-16-14-8-5-9-15(14)20-21-16/h4,6-7,10,14-17,20-21H,5,8-9,11H2,1-3H3. The number of carbonyl (C=O) groups excluding carboxylic acids is 1. The molecular weight excluding hydrogens is 307 g/mol. The number of carbonyl (C=O) groups is 1. The molecule has 2 N–H and O–H groups in total. The first-order valence-electron chi connectivity index (χ1n) is 8.65. The summed E-state index contributed by atoms with van der Waals surface area (Å²) in [5, 5.41) is 0. The Bertz CT molecular complexity index is 594. The number of hydrogen-bond donors (Lipinski definition) is 2. The first-order valence-corrected chi connectivity index (χ1v) is 8.65. The van der Waals surface area contributed by atoms with Gasteiger partial charge in [0.1, 0.15) is 11.9 Å². The van der Waals surface area contributed by atoms with Gasteiger partial charge in [-0.25, -0.2) is 4.39 Å². The van der Waals surface area contributed by atoms with Crippen LogP contribution in [-0.2, 0) is 4.79 Å². The second kappa shape index (κ2) is 7.17. The van der Waals surface area contributed by atoms with Gasteiger partial charge >= 0.3 is 0 Å². The Labute approximate surface area is 143 Å². The smallest absolute Gasteiger partial charge is 0.244 e. The first kappa shape index (κ1) is 17.3. The average Bonchev–Trinajstić information content (AvgIpc) is 3.12. The third-order valence-corrected chi connectivity index (χ3v) is 5.30. The molecule has 1 aliphatic heterocycles. The number of rotatable bonds is 5. The minimum absolute atomic E-state index is 0.00570. The van der Waals surface area contributed by atoms with Gasteiger partial charge in [-0.2, -0.15) is 0 Å². The number of nitrogens with one attached hydrogen (secondary N) is 2.